The van der Waals surface area contributed by atoms with Crippen LogP contribution in [0.25, 0.3) is 0 Å². The molecule has 0 fully saturated rings. The Morgan fingerprint density at radius 1 is 0.865 bits per heavy atom. The number of nitro groups is 1. The largest absolute Gasteiger partial charge is 0.279 e. The van der Waals surface area contributed by atoms with Gasteiger partial charge in [-0.2, -0.15) is 5.10 Å². The quantitative estimate of drug-likeness (QED) is 0.226. The molecule has 2 heterocycles. The van der Waals surface area contributed by atoms with Crippen LogP contribution in [-0.4, -0.2) is 28.1 Å². The molecule has 1 unspecified atom stereocenters. The SMILES string of the molecule is O=C(CN1N=C(c2ccc([N+](=O)[O-])cc2)CC1c1ccccc1)N1c2ccccc2Sc2ccccc21. The Morgan fingerprint density at radius 3 is 2.08 bits per heavy atom. The molecule has 4 aromatic rings. The molecule has 0 aromatic heterocycles. The van der Waals surface area contributed by atoms with Gasteiger partial charge in [0.1, 0.15) is 6.54 Å². The summed E-state index contributed by atoms with van der Waals surface area (Å²) in [7, 11) is 0. The van der Waals surface area contributed by atoms with E-state index in [1.54, 1.807) is 28.8 Å². The highest BCUT2D eigenvalue weighted by Gasteiger charge is 2.34. The van der Waals surface area contributed by atoms with Gasteiger partial charge in [0.05, 0.1) is 28.1 Å². The smallest absolute Gasteiger partial charge is 0.269 e. The maximum atomic E-state index is 13.9. The summed E-state index contributed by atoms with van der Waals surface area (Å²) in [4.78, 5) is 28.5. The van der Waals surface area contributed by atoms with Crippen molar-refractivity contribution in [2.75, 3.05) is 11.4 Å². The molecule has 2 aliphatic rings. The normalized spacial score (nSPS) is 16.1. The number of nitro benzene ring substituents is 1. The highest BCUT2D eigenvalue weighted by atomic mass is 32.2. The average molecular weight is 507 g/mol. The van der Waals surface area contributed by atoms with Crippen molar-refractivity contribution in [3.05, 3.63) is 124 Å². The molecule has 0 spiro atoms. The topological polar surface area (TPSA) is 79.0 Å². The van der Waals surface area contributed by atoms with E-state index < -0.39 is 4.92 Å². The zero-order chi connectivity index (χ0) is 25.4. The first-order chi connectivity index (χ1) is 18.1. The van der Waals surface area contributed by atoms with Gasteiger partial charge in [0.25, 0.3) is 11.6 Å². The number of carbonyl (C=O) groups is 1. The van der Waals surface area contributed by atoms with Crippen molar-refractivity contribution in [1.82, 2.24) is 5.01 Å². The standard InChI is InChI=1S/C29H22N4O3S/c34-29(32-24-10-4-6-12-27(24)37-28-13-7-5-11-25(28)32)19-31-26(21-8-2-1-3-9-21)18-23(30-31)20-14-16-22(17-15-20)33(35)36/h1-17,26H,18-19H2. The summed E-state index contributed by atoms with van der Waals surface area (Å²) < 4.78 is 0. The average Bonchev–Trinajstić information content (AvgIpc) is 3.35. The molecule has 0 N–H and O–H groups in total. The molecular weight excluding hydrogens is 484 g/mol. The van der Waals surface area contributed by atoms with Crippen molar-refractivity contribution in [3.8, 4) is 0 Å². The molecule has 1 atom stereocenters. The number of para-hydroxylation sites is 2. The number of carbonyl (C=O) groups excluding carboxylic acids is 1. The molecule has 2 aliphatic heterocycles. The minimum Gasteiger partial charge on any atom is -0.279 e. The Hall–Kier alpha value is -4.43. The zero-order valence-electron chi connectivity index (χ0n) is 19.7. The van der Waals surface area contributed by atoms with Gasteiger partial charge in [-0.3, -0.25) is 24.8 Å². The van der Waals surface area contributed by atoms with E-state index >= 15 is 0 Å². The van der Waals surface area contributed by atoms with Gasteiger partial charge in [-0.15, -0.1) is 0 Å². The number of fused-ring (bicyclic) bond motifs is 2. The Morgan fingerprint density at radius 2 is 1.46 bits per heavy atom. The molecule has 4 aromatic carbocycles. The lowest BCUT2D eigenvalue weighted by Crippen LogP contribution is -2.37. The Kier molecular flexibility index (Phi) is 5.94. The van der Waals surface area contributed by atoms with Gasteiger partial charge in [0.2, 0.25) is 0 Å². The predicted octanol–water partition coefficient (Wildman–Crippen LogP) is 6.58. The maximum absolute atomic E-state index is 13.9. The molecule has 182 valence electrons. The van der Waals surface area contributed by atoms with Crippen LogP contribution < -0.4 is 4.90 Å². The summed E-state index contributed by atoms with van der Waals surface area (Å²) in [5.41, 5.74) is 4.44. The van der Waals surface area contributed by atoms with E-state index in [0.29, 0.717) is 6.42 Å². The number of benzene rings is 4. The van der Waals surface area contributed by atoms with Gasteiger partial charge in [0.15, 0.2) is 0 Å². The van der Waals surface area contributed by atoms with Gasteiger partial charge >= 0.3 is 0 Å². The molecule has 7 nitrogen and oxygen atoms in total. The third-order valence-electron chi connectivity index (χ3n) is 6.57. The number of nitrogens with zero attached hydrogens (tertiary/aromatic N) is 4. The van der Waals surface area contributed by atoms with E-state index in [1.165, 1.54) is 12.1 Å². The molecule has 0 saturated carbocycles. The number of hydrogen-bond donors (Lipinski definition) is 0. The van der Waals surface area contributed by atoms with Crippen molar-refractivity contribution >= 4 is 40.4 Å². The van der Waals surface area contributed by atoms with E-state index in [2.05, 4.69) is 0 Å². The van der Waals surface area contributed by atoms with Gasteiger partial charge < -0.3 is 0 Å². The molecule has 1 amide bonds. The van der Waals surface area contributed by atoms with Crippen LogP contribution in [-0.2, 0) is 4.79 Å². The summed E-state index contributed by atoms with van der Waals surface area (Å²) in [6, 6.07) is 32.2. The second kappa shape index (κ2) is 9.55. The monoisotopic (exact) mass is 506 g/mol. The number of non-ortho nitro benzene ring substituents is 1. The number of rotatable bonds is 5. The minimum atomic E-state index is -0.412. The molecule has 0 bridgehead atoms. The van der Waals surface area contributed by atoms with Crippen LogP contribution >= 0.6 is 11.8 Å². The Labute approximate surface area is 218 Å². The third-order valence-corrected chi connectivity index (χ3v) is 7.70. The van der Waals surface area contributed by atoms with Crippen molar-refractivity contribution in [3.63, 3.8) is 0 Å². The summed E-state index contributed by atoms with van der Waals surface area (Å²) in [6.45, 7) is 0.0867. The molecular formula is C29H22N4O3S. The van der Waals surface area contributed by atoms with Gasteiger partial charge in [-0.25, -0.2) is 0 Å². The zero-order valence-corrected chi connectivity index (χ0v) is 20.5. The highest BCUT2D eigenvalue weighted by molar-refractivity contribution is 7.99. The van der Waals surface area contributed by atoms with Crippen LogP contribution in [0.5, 0.6) is 0 Å². The maximum Gasteiger partial charge on any atom is 0.269 e. The first kappa shape index (κ1) is 23.0. The van der Waals surface area contributed by atoms with E-state index in [0.717, 1.165) is 38.0 Å². The summed E-state index contributed by atoms with van der Waals surface area (Å²) in [5.74, 6) is -0.0742. The van der Waals surface area contributed by atoms with E-state index in [-0.39, 0.29) is 24.2 Å². The molecule has 37 heavy (non-hydrogen) atoms. The number of hydrogen-bond acceptors (Lipinski definition) is 6. The molecule has 6 rings (SSSR count). The molecule has 8 heteroatoms. The fourth-order valence-corrected chi connectivity index (χ4v) is 5.86. The second-order valence-corrected chi connectivity index (χ2v) is 9.93. The van der Waals surface area contributed by atoms with Crippen LogP contribution in [0.2, 0.25) is 0 Å². The fraction of sp³-hybridized carbons (Fsp3) is 0.103. The van der Waals surface area contributed by atoms with Crippen LogP contribution in [0, 0.1) is 10.1 Å². The molecule has 0 saturated heterocycles. The first-order valence-electron chi connectivity index (χ1n) is 11.9. The lowest BCUT2D eigenvalue weighted by atomic mass is 9.98. The minimum absolute atomic E-state index is 0.0364. The van der Waals surface area contributed by atoms with Crippen molar-refractivity contribution < 1.29 is 9.72 Å². The number of anilines is 2. The number of amides is 1. The third kappa shape index (κ3) is 4.36. The Bertz CT molecular complexity index is 1480. The Balaban J connectivity index is 1.35. The van der Waals surface area contributed by atoms with Gasteiger partial charge in [0, 0.05) is 28.3 Å². The van der Waals surface area contributed by atoms with Crippen LogP contribution in [0.1, 0.15) is 23.6 Å². The predicted molar refractivity (Wildman–Crippen MR) is 144 cm³/mol. The second-order valence-electron chi connectivity index (χ2n) is 8.85. The van der Waals surface area contributed by atoms with Gasteiger partial charge in [-0.05, 0) is 47.5 Å². The van der Waals surface area contributed by atoms with E-state index in [9.17, 15) is 14.9 Å². The van der Waals surface area contributed by atoms with Crippen molar-refractivity contribution in [2.45, 2.75) is 22.3 Å². The van der Waals surface area contributed by atoms with E-state index in [1.807, 2.05) is 83.9 Å². The van der Waals surface area contributed by atoms with Crippen LogP contribution in [0.4, 0.5) is 17.1 Å². The highest BCUT2D eigenvalue weighted by Crippen LogP contribution is 2.48. The van der Waals surface area contributed by atoms with Crippen LogP contribution in [0.15, 0.2) is 118 Å². The summed E-state index contributed by atoms with van der Waals surface area (Å²) in [5, 5.41) is 17.8. The van der Waals surface area contributed by atoms with Crippen LogP contribution in [0.3, 0.4) is 0 Å². The number of hydrazone groups is 1. The van der Waals surface area contributed by atoms with E-state index in [4.69, 9.17) is 5.10 Å². The first-order valence-corrected chi connectivity index (χ1v) is 12.7. The molecule has 0 radical (unpaired) electrons. The lowest BCUT2D eigenvalue weighted by Gasteiger charge is -2.33. The summed E-state index contributed by atoms with van der Waals surface area (Å²) in [6.07, 6.45) is 0.595. The molecule has 0 aliphatic carbocycles. The van der Waals surface area contributed by atoms with Gasteiger partial charge in [-0.1, -0.05) is 66.4 Å². The van der Waals surface area contributed by atoms with Crippen molar-refractivity contribution in [1.29, 1.82) is 0 Å². The fourth-order valence-electron chi connectivity index (χ4n) is 4.80. The lowest BCUT2D eigenvalue weighted by molar-refractivity contribution is -0.384. The van der Waals surface area contributed by atoms with Crippen molar-refractivity contribution in [2.24, 2.45) is 5.10 Å². The summed E-state index contributed by atoms with van der Waals surface area (Å²) >= 11 is 1.66.